The molecule has 4 heterocycles. The molecule has 8 nitrogen and oxygen atoms in total. The molecule has 10 heteroatoms. The minimum atomic E-state index is -0.713. The standard InChI is InChI=1S/C20H20ClN6O2S/c1-11-10-29-9-8-27(11)18-14(21)15(20(4-5-20)19(22)30-28)25-17(26-18)13-3-7-24-16-12(13)2-6-23-16/h2-3,6-7,11,22H,4-5,8-10H2,1H3,(H,23,24)/q+1/t11-/m1/s1. The third kappa shape index (κ3) is 3.00. The second kappa shape index (κ2) is 7.33. The zero-order valence-corrected chi connectivity index (χ0v) is 17.9. The second-order valence-corrected chi connectivity index (χ2v) is 8.70. The number of nitrogens with one attached hydrogen (secondary N) is 2. The van der Waals surface area contributed by atoms with Crippen LogP contribution in [0.2, 0.25) is 5.02 Å². The fourth-order valence-corrected chi connectivity index (χ4v) is 4.87. The highest BCUT2D eigenvalue weighted by Gasteiger charge is 2.59. The van der Waals surface area contributed by atoms with Crippen molar-refractivity contribution in [1.82, 2.24) is 19.9 Å². The molecule has 0 spiro atoms. The maximum absolute atomic E-state index is 11.5. The van der Waals surface area contributed by atoms with Crippen LogP contribution in [0.1, 0.15) is 25.5 Å². The van der Waals surface area contributed by atoms with Gasteiger partial charge in [0.25, 0.3) is 0 Å². The van der Waals surface area contributed by atoms with Crippen LogP contribution in [0.5, 0.6) is 0 Å². The Balaban J connectivity index is 1.74. The average molecular weight is 444 g/mol. The van der Waals surface area contributed by atoms with Crippen molar-refractivity contribution in [2.45, 2.75) is 31.2 Å². The van der Waals surface area contributed by atoms with Gasteiger partial charge in [0.2, 0.25) is 0 Å². The maximum atomic E-state index is 11.5. The topological polar surface area (TPSA) is 108 Å². The van der Waals surface area contributed by atoms with E-state index < -0.39 is 5.41 Å². The first-order chi connectivity index (χ1) is 14.5. The van der Waals surface area contributed by atoms with Crippen molar-refractivity contribution in [3.8, 4) is 11.4 Å². The maximum Gasteiger partial charge on any atom is 0.522 e. The van der Waals surface area contributed by atoms with Crippen LogP contribution in [0.4, 0.5) is 5.82 Å². The van der Waals surface area contributed by atoms with Crippen molar-refractivity contribution in [3.63, 3.8) is 0 Å². The molecule has 2 fully saturated rings. The van der Waals surface area contributed by atoms with E-state index in [1.807, 2.05) is 18.3 Å². The van der Waals surface area contributed by atoms with Crippen LogP contribution in [-0.4, -0.2) is 50.8 Å². The Morgan fingerprint density at radius 1 is 1.40 bits per heavy atom. The van der Waals surface area contributed by atoms with Gasteiger partial charge in [-0.25, -0.2) is 20.4 Å². The molecule has 0 aromatic carbocycles. The number of hydrogen-bond donors (Lipinski definition) is 2. The number of morpholine rings is 1. The van der Waals surface area contributed by atoms with Gasteiger partial charge in [-0.15, -0.1) is 0 Å². The first-order valence-corrected chi connectivity index (χ1v) is 10.9. The highest BCUT2D eigenvalue weighted by atomic mass is 35.5. The Labute approximate surface area is 182 Å². The molecule has 1 saturated carbocycles. The third-order valence-electron chi connectivity index (χ3n) is 5.90. The minimum absolute atomic E-state index is 0.0524. The highest BCUT2D eigenvalue weighted by molar-refractivity contribution is 7.83. The summed E-state index contributed by atoms with van der Waals surface area (Å²) in [6.45, 7) is 3.90. The summed E-state index contributed by atoms with van der Waals surface area (Å²) < 4.78 is 17.1. The van der Waals surface area contributed by atoms with E-state index in [0.717, 1.165) is 16.6 Å². The Bertz CT molecular complexity index is 1160. The summed E-state index contributed by atoms with van der Waals surface area (Å²) in [5, 5.41) is 9.63. The Hall–Kier alpha value is -2.49. The zero-order valence-electron chi connectivity index (χ0n) is 16.3. The zero-order chi connectivity index (χ0) is 20.9. The summed E-state index contributed by atoms with van der Waals surface area (Å²) in [5.74, 6) is 1.15. The molecule has 0 bridgehead atoms. The van der Waals surface area contributed by atoms with Crippen LogP contribution in [-0.2, 0) is 26.0 Å². The average Bonchev–Trinajstić information content (AvgIpc) is 3.43. The summed E-state index contributed by atoms with van der Waals surface area (Å²) in [4.78, 5) is 19.3. The molecule has 30 heavy (non-hydrogen) atoms. The smallest absolute Gasteiger partial charge is 0.377 e. The number of rotatable bonds is 4. The first-order valence-electron chi connectivity index (χ1n) is 9.79. The van der Waals surface area contributed by atoms with Gasteiger partial charge >= 0.3 is 16.7 Å². The van der Waals surface area contributed by atoms with E-state index in [4.69, 9.17) is 31.7 Å². The number of halogens is 1. The summed E-state index contributed by atoms with van der Waals surface area (Å²) in [6.07, 6.45) is 4.91. The number of ether oxygens (including phenoxy) is 1. The minimum Gasteiger partial charge on any atom is -0.377 e. The number of anilines is 1. The summed E-state index contributed by atoms with van der Waals surface area (Å²) >= 11 is 7.07. The van der Waals surface area contributed by atoms with Gasteiger partial charge in [0.05, 0.1) is 24.9 Å². The lowest BCUT2D eigenvalue weighted by molar-refractivity contribution is 0.0985. The van der Waals surface area contributed by atoms with Crippen molar-refractivity contribution in [1.29, 1.82) is 5.41 Å². The predicted octanol–water partition coefficient (Wildman–Crippen LogP) is 3.34. The summed E-state index contributed by atoms with van der Waals surface area (Å²) in [6, 6.07) is 3.91. The van der Waals surface area contributed by atoms with E-state index in [1.54, 1.807) is 6.20 Å². The number of aromatic amines is 1. The van der Waals surface area contributed by atoms with Crippen molar-refractivity contribution in [2.24, 2.45) is 0 Å². The molecule has 1 aliphatic heterocycles. The van der Waals surface area contributed by atoms with Gasteiger partial charge in [0, 0.05) is 34.1 Å². The first kappa shape index (κ1) is 19.5. The molecule has 3 aromatic rings. The molecule has 3 aromatic heterocycles. The number of hydrogen-bond acceptors (Lipinski definition) is 7. The van der Waals surface area contributed by atoms with Gasteiger partial charge in [0.15, 0.2) is 11.6 Å². The van der Waals surface area contributed by atoms with Crippen molar-refractivity contribution in [3.05, 3.63) is 35.2 Å². The second-order valence-electron chi connectivity index (χ2n) is 7.74. The van der Waals surface area contributed by atoms with Crippen molar-refractivity contribution in [2.75, 3.05) is 24.7 Å². The fraction of sp³-hybridized carbons (Fsp3) is 0.400. The van der Waals surface area contributed by atoms with Crippen LogP contribution in [0.3, 0.4) is 0 Å². The molecule has 1 aliphatic carbocycles. The number of fused-ring (bicyclic) bond motifs is 1. The van der Waals surface area contributed by atoms with E-state index >= 15 is 0 Å². The third-order valence-corrected chi connectivity index (χ3v) is 6.80. The van der Waals surface area contributed by atoms with E-state index in [-0.39, 0.29) is 22.8 Å². The lowest BCUT2D eigenvalue weighted by atomic mass is 10.0. The lowest BCUT2D eigenvalue weighted by Crippen LogP contribution is -2.44. The van der Waals surface area contributed by atoms with Crippen LogP contribution in [0, 0.1) is 5.41 Å². The van der Waals surface area contributed by atoms with Crippen molar-refractivity contribution < 1.29 is 8.95 Å². The normalized spacial score (nSPS) is 20.3. The molecular formula is C20H20ClN6O2S+. The molecule has 1 saturated heterocycles. The quantitative estimate of drug-likeness (QED) is 0.363. The van der Waals surface area contributed by atoms with E-state index in [2.05, 4.69) is 21.8 Å². The molecule has 2 N–H and O–H groups in total. The summed E-state index contributed by atoms with van der Waals surface area (Å²) in [5.41, 5.74) is 1.43. The number of pyridine rings is 1. The molecule has 5 rings (SSSR count). The monoisotopic (exact) mass is 443 g/mol. The molecule has 154 valence electrons. The lowest BCUT2D eigenvalue weighted by Gasteiger charge is -2.35. The highest BCUT2D eigenvalue weighted by Crippen LogP contribution is 2.52. The Morgan fingerprint density at radius 3 is 2.97 bits per heavy atom. The number of nitrogens with zero attached hydrogens (tertiary/aromatic N) is 4. The molecule has 0 unspecified atom stereocenters. The van der Waals surface area contributed by atoms with Gasteiger partial charge in [-0.2, -0.15) is 0 Å². The molecular weight excluding hydrogens is 424 g/mol. The van der Waals surface area contributed by atoms with Crippen LogP contribution in [0.15, 0.2) is 24.5 Å². The van der Waals surface area contributed by atoms with Crippen LogP contribution < -0.4 is 4.90 Å². The molecule has 0 radical (unpaired) electrons. The fourth-order valence-electron chi connectivity index (χ4n) is 4.04. The van der Waals surface area contributed by atoms with E-state index in [9.17, 15) is 4.21 Å². The molecule has 0 amide bonds. The van der Waals surface area contributed by atoms with Crippen LogP contribution in [0.25, 0.3) is 22.4 Å². The van der Waals surface area contributed by atoms with Gasteiger partial charge in [0.1, 0.15) is 16.1 Å². The SMILES string of the molecule is C[C@@H]1COCCN1c1nc(-c2ccnc3[nH]ccc23)nc(C2(C(=N)[S+]=O)CC2)c1Cl. The Kier molecular flexibility index (Phi) is 4.76. The summed E-state index contributed by atoms with van der Waals surface area (Å²) in [7, 11) is 0. The number of H-pyrrole nitrogens is 1. The number of aromatic nitrogens is 4. The van der Waals surface area contributed by atoms with E-state index in [1.165, 1.54) is 0 Å². The van der Waals surface area contributed by atoms with Gasteiger partial charge in [-0.1, -0.05) is 11.6 Å². The molecule has 2 aliphatic rings. The predicted molar refractivity (Wildman–Crippen MR) is 116 cm³/mol. The largest absolute Gasteiger partial charge is 0.522 e. The van der Waals surface area contributed by atoms with Gasteiger partial charge < -0.3 is 14.6 Å². The van der Waals surface area contributed by atoms with Gasteiger partial charge in [-0.3, -0.25) is 0 Å². The van der Waals surface area contributed by atoms with Crippen molar-refractivity contribution >= 4 is 45.2 Å². The van der Waals surface area contributed by atoms with Gasteiger partial charge in [-0.05, 0) is 31.9 Å². The Morgan fingerprint density at radius 2 is 2.23 bits per heavy atom. The van der Waals surface area contributed by atoms with Crippen LogP contribution >= 0.6 is 11.6 Å². The van der Waals surface area contributed by atoms with E-state index in [0.29, 0.717) is 55.0 Å². The molecule has 1 atom stereocenters.